The molecule has 2 aromatic rings. The Hall–Kier alpha value is -1.63. The number of hydrogen-bond donors (Lipinski definition) is 4. The van der Waals surface area contributed by atoms with Gasteiger partial charge in [0, 0.05) is 18.0 Å². The first kappa shape index (κ1) is 12.4. The highest BCUT2D eigenvalue weighted by molar-refractivity contribution is 5.75. The van der Waals surface area contributed by atoms with E-state index in [4.69, 9.17) is 10.5 Å². The quantitative estimate of drug-likeness (QED) is 0.628. The van der Waals surface area contributed by atoms with Crippen LogP contribution >= 0.6 is 0 Å². The molecule has 3 rings (SSSR count). The number of benzene rings is 1. The van der Waals surface area contributed by atoms with Crippen molar-refractivity contribution in [2.75, 3.05) is 26.8 Å². The Morgan fingerprint density at radius 1 is 1.42 bits per heavy atom. The molecule has 1 atom stereocenters. The van der Waals surface area contributed by atoms with Crippen LogP contribution in [-0.2, 0) is 4.74 Å². The SMILES string of the molecule is CNC(c1ccc2[nH]c(=O)[nH]c2c1)C1(CN)COC1. The number of imidazole rings is 1. The standard InChI is InChI=1S/C13H18N4O2/c1-15-11(13(5-14)6-19-7-13)8-2-3-9-10(4-8)17-12(18)16-9/h2-4,11,15H,5-7,14H2,1H3,(H2,16,17,18). The van der Waals surface area contributed by atoms with E-state index < -0.39 is 0 Å². The molecule has 19 heavy (non-hydrogen) atoms. The lowest BCUT2D eigenvalue weighted by Crippen LogP contribution is -2.55. The summed E-state index contributed by atoms with van der Waals surface area (Å²) in [5.74, 6) is 0. The van der Waals surface area contributed by atoms with Gasteiger partial charge >= 0.3 is 5.69 Å². The van der Waals surface area contributed by atoms with Crippen LogP contribution in [0.3, 0.4) is 0 Å². The predicted octanol–water partition coefficient (Wildman–Crippen LogP) is 0.0920. The summed E-state index contributed by atoms with van der Waals surface area (Å²) in [5.41, 5.74) is 8.41. The van der Waals surface area contributed by atoms with Gasteiger partial charge in [-0.2, -0.15) is 0 Å². The van der Waals surface area contributed by atoms with E-state index in [1.807, 2.05) is 25.2 Å². The maximum Gasteiger partial charge on any atom is 0.323 e. The maximum absolute atomic E-state index is 11.3. The summed E-state index contributed by atoms with van der Waals surface area (Å²) in [5, 5.41) is 3.32. The Labute approximate surface area is 110 Å². The Morgan fingerprint density at radius 3 is 2.74 bits per heavy atom. The van der Waals surface area contributed by atoms with Gasteiger partial charge < -0.3 is 25.8 Å². The van der Waals surface area contributed by atoms with Crippen molar-refractivity contribution in [2.24, 2.45) is 11.1 Å². The molecule has 5 N–H and O–H groups in total. The van der Waals surface area contributed by atoms with Crippen LogP contribution in [0.25, 0.3) is 11.0 Å². The molecule has 6 nitrogen and oxygen atoms in total. The summed E-state index contributed by atoms with van der Waals surface area (Å²) in [6, 6.07) is 6.04. The molecule has 1 saturated heterocycles. The molecular weight excluding hydrogens is 244 g/mol. The van der Waals surface area contributed by atoms with Gasteiger partial charge in [0.05, 0.1) is 24.2 Å². The number of ether oxygens (including phenoxy) is 1. The molecule has 0 saturated carbocycles. The number of fused-ring (bicyclic) bond motifs is 1. The van der Waals surface area contributed by atoms with Crippen LogP contribution in [0.15, 0.2) is 23.0 Å². The first-order valence-corrected chi connectivity index (χ1v) is 6.35. The Bertz CT molecular complexity index is 636. The highest BCUT2D eigenvalue weighted by atomic mass is 16.5. The fraction of sp³-hybridized carbons (Fsp3) is 0.462. The fourth-order valence-electron chi connectivity index (χ4n) is 2.82. The van der Waals surface area contributed by atoms with E-state index in [0.717, 1.165) is 16.6 Å². The van der Waals surface area contributed by atoms with Crippen LogP contribution in [0.1, 0.15) is 11.6 Å². The van der Waals surface area contributed by atoms with Crippen molar-refractivity contribution in [1.29, 1.82) is 0 Å². The summed E-state index contributed by atoms with van der Waals surface area (Å²) < 4.78 is 5.34. The minimum absolute atomic E-state index is 0.0565. The van der Waals surface area contributed by atoms with E-state index in [1.54, 1.807) is 0 Å². The van der Waals surface area contributed by atoms with Crippen molar-refractivity contribution in [3.8, 4) is 0 Å². The number of nitrogens with one attached hydrogen (secondary N) is 3. The van der Waals surface area contributed by atoms with Gasteiger partial charge in [0.1, 0.15) is 0 Å². The van der Waals surface area contributed by atoms with E-state index in [2.05, 4.69) is 15.3 Å². The molecule has 1 aliphatic rings. The summed E-state index contributed by atoms with van der Waals surface area (Å²) in [7, 11) is 1.92. The van der Waals surface area contributed by atoms with Crippen LogP contribution in [0.4, 0.5) is 0 Å². The van der Waals surface area contributed by atoms with Crippen molar-refractivity contribution < 1.29 is 4.74 Å². The van der Waals surface area contributed by atoms with Gasteiger partial charge in [-0.1, -0.05) is 6.07 Å². The van der Waals surface area contributed by atoms with E-state index in [1.165, 1.54) is 0 Å². The molecule has 1 aromatic heterocycles. The normalized spacial score (nSPS) is 19.3. The first-order chi connectivity index (χ1) is 9.18. The summed E-state index contributed by atoms with van der Waals surface area (Å²) >= 11 is 0. The highest BCUT2D eigenvalue weighted by Gasteiger charge is 2.44. The minimum atomic E-state index is -0.186. The lowest BCUT2D eigenvalue weighted by Gasteiger charge is -2.46. The third-order valence-corrected chi connectivity index (χ3v) is 3.96. The second kappa shape index (κ2) is 4.48. The van der Waals surface area contributed by atoms with E-state index in [9.17, 15) is 4.79 Å². The Kier molecular flexibility index (Phi) is 2.93. The van der Waals surface area contributed by atoms with Gasteiger partial charge in [0.25, 0.3) is 0 Å². The zero-order chi connectivity index (χ0) is 13.5. The average Bonchev–Trinajstić information content (AvgIpc) is 2.72. The molecule has 1 unspecified atom stereocenters. The molecule has 0 spiro atoms. The van der Waals surface area contributed by atoms with Crippen LogP contribution in [0.2, 0.25) is 0 Å². The van der Waals surface area contributed by atoms with Crippen LogP contribution in [0.5, 0.6) is 0 Å². The summed E-state index contributed by atoms with van der Waals surface area (Å²) in [4.78, 5) is 16.8. The van der Waals surface area contributed by atoms with Crippen LogP contribution < -0.4 is 16.7 Å². The molecule has 1 aromatic carbocycles. The van der Waals surface area contributed by atoms with E-state index in [0.29, 0.717) is 19.8 Å². The number of aromatic amines is 2. The summed E-state index contributed by atoms with van der Waals surface area (Å²) in [6.07, 6.45) is 0. The molecule has 102 valence electrons. The third kappa shape index (κ3) is 1.88. The van der Waals surface area contributed by atoms with Crippen molar-refractivity contribution in [3.05, 3.63) is 34.2 Å². The number of hydrogen-bond acceptors (Lipinski definition) is 4. The smallest absolute Gasteiger partial charge is 0.323 e. The fourth-order valence-corrected chi connectivity index (χ4v) is 2.82. The molecule has 1 fully saturated rings. The Balaban J connectivity index is 2.03. The minimum Gasteiger partial charge on any atom is -0.380 e. The number of aromatic nitrogens is 2. The molecular formula is C13H18N4O2. The monoisotopic (exact) mass is 262 g/mol. The topological polar surface area (TPSA) is 95.9 Å². The average molecular weight is 262 g/mol. The highest BCUT2D eigenvalue weighted by Crippen LogP contribution is 2.39. The number of H-pyrrole nitrogens is 2. The molecule has 6 heteroatoms. The van der Waals surface area contributed by atoms with Crippen molar-refractivity contribution in [3.63, 3.8) is 0 Å². The van der Waals surface area contributed by atoms with Crippen molar-refractivity contribution in [1.82, 2.24) is 15.3 Å². The lowest BCUT2D eigenvalue weighted by molar-refractivity contribution is -0.126. The second-order valence-electron chi connectivity index (χ2n) is 5.17. The zero-order valence-electron chi connectivity index (χ0n) is 10.8. The number of nitrogens with two attached hydrogens (primary N) is 1. The third-order valence-electron chi connectivity index (χ3n) is 3.96. The van der Waals surface area contributed by atoms with Gasteiger partial charge in [0.2, 0.25) is 0 Å². The first-order valence-electron chi connectivity index (χ1n) is 6.35. The summed E-state index contributed by atoms with van der Waals surface area (Å²) in [6.45, 7) is 1.90. The lowest BCUT2D eigenvalue weighted by atomic mass is 9.75. The van der Waals surface area contributed by atoms with Gasteiger partial charge in [-0.3, -0.25) is 0 Å². The second-order valence-corrected chi connectivity index (χ2v) is 5.17. The molecule has 0 radical (unpaired) electrons. The van der Waals surface area contributed by atoms with Crippen molar-refractivity contribution in [2.45, 2.75) is 6.04 Å². The molecule has 0 aliphatic carbocycles. The predicted molar refractivity (Wildman–Crippen MR) is 73.0 cm³/mol. The molecule has 1 aliphatic heterocycles. The van der Waals surface area contributed by atoms with Crippen LogP contribution in [0, 0.1) is 5.41 Å². The molecule has 2 heterocycles. The maximum atomic E-state index is 11.3. The molecule has 0 bridgehead atoms. The number of rotatable bonds is 4. The van der Waals surface area contributed by atoms with Crippen LogP contribution in [-0.4, -0.2) is 36.8 Å². The zero-order valence-corrected chi connectivity index (χ0v) is 10.8. The van der Waals surface area contributed by atoms with Gasteiger partial charge in [-0.25, -0.2) is 4.79 Å². The van der Waals surface area contributed by atoms with Crippen molar-refractivity contribution >= 4 is 11.0 Å². The Morgan fingerprint density at radius 2 is 2.16 bits per heavy atom. The van der Waals surface area contributed by atoms with Gasteiger partial charge in [0.15, 0.2) is 0 Å². The largest absolute Gasteiger partial charge is 0.380 e. The van der Waals surface area contributed by atoms with E-state index >= 15 is 0 Å². The molecule has 0 amide bonds. The van der Waals surface area contributed by atoms with Gasteiger partial charge in [-0.15, -0.1) is 0 Å². The van der Waals surface area contributed by atoms with Gasteiger partial charge in [-0.05, 0) is 24.7 Å². The van der Waals surface area contributed by atoms with E-state index in [-0.39, 0.29) is 17.1 Å².